The monoisotopic (exact) mass is 229 g/mol. The molecule has 0 bridgehead atoms. The maximum atomic E-state index is 5.39. The highest BCUT2D eigenvalue weighted by molar-refractivity contribution is 5.22. The third kappa shape index (κ3) is 3.21. The zero-order valence-electron chi connectivity index (χ0n) is 10.4. The van der Waals surface area contributed by atoms with Crippen LogP contribution < -0.4 is 5.32 Å². The van der Waals surface area contributed by atoms with Gasteiger partial charge < -0.3 is 9.73 Å². The van der Waals surface area contributed by atoms with E-state index >= 15 is 0 Å². The molecule has 2 heteroatoms. The molecular weight excluding hydrogens is 210 g/mol. The maximum absolute atomic E-state index is 5.39. The summed E-state index contributed by atoms with van der Waals surface area (Å²) in [6, 6.07) is 13.0. The number of likely N-dealkylation sites (N-methyl/N-ethyl adjacent to an activating group) is 1. The van der Waals surface area contributed by atoms with Crippen molar-refractivity contribution in [2.45, 2.75) is 26.3 Å². The van der Waals surface area contributed by atoms with Crippen LogP contribution in [0.15, 0.2) is 47.1 Å². The number of rotatable bonds is 5. The van der Waals surface area contributed by atoms with Gasteiger partial charge in [0.2, 0.25) is 0 Å². The van der Waals surface area contributed by atoms with Crippen molar-refractivity contribution in [2.24, 2.45) is 0 Å². The molecule has 2 nitrogen and oxygen atoms in total. The highest BCUT2D eigenvalue weighted by Gasteiger charge is 2.13. The summed E-state index contributed by atoms with van der Waals surface area (Å²) in [6.07, 6.45) is 2.85. The first kappa shape index (κ1) is 11.9. The van der Waals surface area contributed by atoms with Gasteiger partial charge in [-0.15, -0.1) is 0 Å². The Bertz CT molecular complexity index is 447. The summed E-state index contributed by atoms with van der Waals surface area (Å²) in [6.45, 7) is 5.07. The standard InChI is InChI=1S/C15H19NO/c1-3-16-15(14-9-12(2)17-11-14)10-13-7-5-4-6-8-13/h4-9,11,15-16H,3,10H2,1-2H3. The molecule has 2 rings (SSSR count). The van der Waals surface area contributed by atoms with Crippen LogP contribution in [0.2, 0.25) is 0 Å². The summed E-state index contributed by atoms with van der Waals surface area (Å²) in [7, 11) is 0. The van der Waals surface area contributed by atoms with Crippen molar-refractivity contribution >= 4 is 0 Å². The molecule has 2 aromatic rings. The second-order valence-electron chi connectivity index (χ2n) is 4.29. The van der Waals surface area contributed by atoms with Crippen molar-refractivity contribution in [3.8, 4) is 0 Å². The van der Waals surface area contributed by atoms with Crippen LogP contribution in [0.4, 0.5) is 0 Å². The first-order valence-electron chi connectivity index (χ1n) is 6.12. The molecule has 17 heavy (non-hydrogen) atoms. The van der Waals surface area contributed by atoms with Gasteiger partial charge in [0.1, 0.15) is 5.76 Å². The van der Waals surface area contributed by atoms with E-state index in [1.54, 1.807) is 0 Å². The number of hydrogen-bond donors (Lipinski definition) is 1. The molecule has 0 aliphatic heterocycles. The summed E-state index contributed by atoms with van der Waals surface area (Å²) >= 11 is 0. The third-order valence-electron chi connectivity index (χ3n) is 2.89. The summed E-state index contributed by atoms with van der Waals surface area (Å²) in [5.41, 5.74) is 2.57. The van der Waals surface area contributed by atoms with Crippen molar-refractivity contribution < 1.29 is 4.42 Å². The van der Waals surface area contributed by atoms with Crippen molar-refractivity contribution in [1.82, 2.24) is 5.32 Å². The van der Waals surface area contributed by atoms with Crippen LogP contribution in [-0.4, -0.2) is 6.54 Å². The van der Waals surface area contributed by atoms with Gasteiger partial charge in [-0.25, -0.2) is 0 Å². The van der Waals surface area contributed by atoms with Crippen LogP contribution in [0.5, 0.6) is 0 Å². The predicted octanol–water partition coefficient (Wildman–Crippen LogP) is 3.48. The minimum Gasteiger partial charge on any atom is -0.469 e. The Hall–Kier alpha value is -1.54. The Morgan fingerprint density at radius 1 is 1.24 bits per heavy atom. The predicted molar refractivity (Wildman–Crippen MR) is 70.0 cm³/mol. The minimum absolute atomic E-state index is 0.333. The van der Waals surface area contributed by atoms with Crippen molar-refractivity contribution in [3.63, 3.8) is 0 Å². The lowest BCUT2D eigenvalue weighted by Crippen LogP contribution is -2.22. The van der Waals surface area contributed by atoms with Crippen LogP contribution in [0.25, 0.3) is 0 Å². The van der Waals surface area contributed by atoms with E-state index in [4.69, 9.17) is 4.42 Å². The van der Waals surface area contributed by atoms with E-state index in [9.17, 15) is 0 Å². The van der Waals surface area contributed by atoms with Crippen molar-refractivity contribution in [1.29, 1.82) is 0 Å². The molecule has 0 fully saturated rings. The van der Waals surface area contributed by atoms with Crippen LogP contribution in [0.1, 0.15) is 29.9 Å². The number of hydrogen-bond acceptors (Lipinski definition) is 2. The Morgan fingerprint density at radius 3 is 2.59 bits per heavy atom. The van der Waals surface area contributed by atoms with Crippen LogP contribution in [0.3, 0.4) is 0 Å². The van der Waals surface area contributed by atoms with Crippen molar-refractivity contribution in [3.05, 3.63) is 59.5 Å². The highest BCUT2D eigenvalue weighted by atomic mass is 16.3. The van der Waals surface area contributed by atoms with Gasteiger partial charge in [0.05, 0.1) is 6.26 Å². The molecule has 0 saturated heterocycles. The van der Waals surface area contributed by atoms with Crippen LogP contribution >= 0.6 is 0 Å². The van der Waals surface area contributed by atoms with Crippen LogP contribution in [-0.2, 0) is 6.42 Å². The summed E-state index contributed by atoms with van der Waals surface area (Å²) < 4.78 is 5.39. The van der Waals surface area contributed by atoms with E-state index in [1.807, 2.05) is 19.3 Å². The molecule has 0 aliphatic rings. The van der Waals surface area contributed by atoms with Gasteiger partial charge in [-0.05, 0) is 31.5 Å². The normalized spacial score (nSPS) is 12.6. The van der Waals surface area contributed by atoms with Gasteiger partial charge in [0.15, 0.2) is 0 Å². The molecule has 0 spiro atoms. The Balaban J connectivity index is 2.13. The molecule has 1 N–H and O–H groups in total. The second-order valence-corrected chi connectivity index (χ2v) is 4.29. The minimum atomic E-state index is 0.333. The number of nitrogens with one attached hydrogen (secondary N) is 1. The zero-order valence-corrected chi connectivity index (χ0v) is 10.4. The largest absolute Gasteiger partial charge is 0.469 e. The molecule has 0 aliphatic carbocycles. The zero-order chi connectivity index (χ0) is 12.1. The molecular formula is C15H19NO. The molecule has 1 heterocycles. The lowest BCUT2D eigenvalue weighted by Gasteiger charge is -2.16. The van der Waals surface area contributed by atoms with E-state index in [2.05, 4.69) is 42.6 Å². The number of furan rings is 1. The highest BCUT2D eigenvalue weighted by Crippen LogP contribution is 2.20. The van der Waals surface area contributed by atoms with Gasteiger partial charge in [-0.3, -0.25) is 0 Å². The SMILES string of the molecule is CCNC(Cc1ccccc1)c1coc(C)c1. The van der Waals surface area contributed by atoms with Gasteiger partial charge in [-0.1, -0.05) is 37.3 Å². The van der Waals surface area contributed by atoms with Gasteiger partial charge in [0, 0.05) is 11.6 Å². The van der Waals surface area contributed by atoms with E-state index in [0.717, 1.165) is 18.7 Å². The van der Waals surface area contributed by atoms with E-state index in [0.29, 0.717) is 6.04 Å². The molecule has 1 atom stereocenters. The van der Waals surface area contributed by atoms with Gasteiger partial charge in [-0.2, -0.15) is 0 Å². The maximum Gasteiger partial charge on any atom is 0.101 e. The summed E-state index contributed by atoms with van der Waals surface area (Å²) in [5.74, 6) is 0.968. The number of aryl methyl sites for hydroxylation is 1. The van der Waals surface area contributed by atoms with E-state index < -0.39 is 0 Å². The third-order valence-corrected chi connectivity index (χ3v) is 2.89. The number of benzene rings is 1. The Morgan fingerprint density at radius 2 is 2.00 bits per heavy atom. The molecule has 0 amide bonds. The second kappa shape index (κ2) is 5.69. The van der Waals surface area contributed by atoms with Crippen molar-refractivity contribution in [2.75, 3.05) is 6.54 Å². The lowest BCUT2D eigenvalue weighted by molar-refractivity contribution is 0.511. The lowest BCUT2D eigenvalue weighted by atomic mass is 10.0. The fourth-order valence-corrected chi connectivity index (χ4v) is 2.05. The smallest absolute Gasteiger partial charge is 0.101 e. The summed E-state index contributed by atoms with van der Waals surface area (Å²) in [4.78, 5) is 0. The average Bonchev–Trinajstić information content (AvgIpc) is 2.77. The Labute approximate surface area is 103 Å². The van der Waals surface area contributed by atoms with Gasteiger partial charge >= 0.3 is 0 Å². The molecule has 1 aromatic carbocycles. The molecule has 0 saturated carbocycles. The topological polar surface area (TPSA) is 25.2 Å². The fraction of sp³-hybridized carbons (Fsp3) is 0.333. The quantitative estimate of drug-likeness (QED) is 0.849. The molecule has 1 aromatic heterocycles. The summed E-state index contributed by atoms with van der Waals surface area (Å²) in [5, 5.41) is 3.50. The van der Waals surface area contributed by atoms with E-state index in [1.165, 1.54) is 11.1 Å². The Kier molecular flexibility index (Phi) is 3.99. The fourth-order valence-electron chi connectivity index (χ4n) is 2.05. The molecule has 0 radical (unpaired) electrons. The van der Waals surface area contributed by atoms with Gasteiger partial charge in [0.25, 0.3) is 0 Å². The van der Waals surface area contributed by atoms with Crippen LogP contribution in [0, 0.1) is 6.92 Å². The first-order chi connectivity index (χ1) is 8.29. The average molecular weight is 229 g/mol. The molecule has 90 valence electrons. The van der Waals surface area contributed by atoms with E-state index in [-0.39, 0.29) is 0 Å². The molecule has 1 unspecified atom stereocenters. The first-order valence-corrected chi connectivity index (χ1v) is 6.12.